The number of hydrogen-bond donors (Lipinski definition) is 1. The van der Waals surface area contributed by atoms with Crippen molar-refractivity contribution in [2.24, 2.45) is 0 Å². The molecule has 1 atom stereocenters. The summed E-state index contributed by atoms with van der Waals surface area (Å²) >= 11 is 1.70. The topological polar surface area (TPSA) is 68.1 Å². The molecule has 1 heterocycles. The Morgan fingerprint density at radius 1 is 1.43 bits per heavy atom. The van der Waals surface area contributed by atoms with Crippen molar-refractivity contribution in [3.05, 3.63) is 55.5 Å². The molecule has 0 aliphatic rings. The van der Waals surface area contributed by atoms with Gasteiger partial charge in [-0.1, -0.05) is 12.1 Å². The Morgan fingerprint density at radius 2 is 2.19 bits per heavy atom. The first-order valence-electron chi connectivity index (χ1n) is 6.87. The molecule has 0 radical (unpaired) electrons. The number of benzene rings is 1. The van der Waals surface area contributed by atoms with Crippen molar-refractivity contribution in [3.63, 3.8) is 0 Å². The van der Waals surface area contributed by atoms with Gasteiger partial charge >= 0.3 is 0 Å². The van der Waals surface area contributed by atoms with Crippen molar-refractivity contribution in [2.45, 2.75) is 33.2 Å². The lowest BCUT2D eigenvalue weighted by atomic mass is 10.0. The molecule has 0 bridgehead atoms. The summed E-state index contributed by atoms with van der Waals surface area (Å²) in [6.45, 7) is 6.68. The van der Waals surface area contributed by atoms with Gasteiger partial charge in [-0.05, 0) is 26.3 Å². The maximum atomic E-state index is 11.0. The molecule has 2 aromatic rings. The van der Waals surface area contributed by atoms with Gasteiger partial charge < -0.3 is 5.32 Å². The largest absolute Gasteiger partial charge is 0.310 e. The molecule has 6 heteroatoms. The molecule has 0 spiro atoms. The van der Waals surface area contributed by atoms with Gasteiger partial charge in [0.25, 0.3) is 5.69 Å². The summed E-state index contributed by atoms with van der Waals surface area (Å²) in [5.41, 5.74) is 1.88. The Bertz CT molecular complexity index is 640. The smallest absolute Gasteiger partial charge is 0.272 e. The molecular formula is C15H19N3O2S. The highest BCUT2D eigenvalue weighted by atomic mass is 32.1. The summed E-state index contributed by atoms with van der Waals surface area (Å²) in [6.07, 6.45) is 2.75. The molecule has 0 aliphatic carbocycles. The third-order valence-electron chi connectivity index (χ3n) is 3.47. The van der Waals surface area contributed by atoms with Crippen LogP contribution in [0.15, 0.2) is 24.4 Å². The van der Waals surface area contributed by atoms with Crippen molar-refractivity contribution in [2.75, 3.05) is 6.54 Å². The van der Waals surface area contributed by atoms with Crippen molar-refractivity contribution in [3.8, 4) is 0 Å². The van der Waals surface area contributed by atoms with Crippen LogP contribution < -0.4 is 5.32 Å². The average Bonchev–Trinajstić information content (AvgIpc) is 2.84. The zero-order chi connectivity index (χ0) is 15.4. The van der Waals surface area contributed by atoms with Crippen molar-refractivity contribution >= 4 is 17.0 Å². The molecule has 1 aromatic carbocycles. The molecule has 1 N–H and O–H groups in total. The molecule has 1 aromatic heterocycles. The Kier molecular flexibility index (Phi) is 5.03. The van der Waals surface area contributed by atoms with E-state index in [1.807, 2.05) is 26.1 Å². The van der Waals surface area contributed by atoms with Crippen LogP contribution in [0.1, 0.15) is 34.0 Å². The van der Waals surface area contributed by atoms with Crippen molar-refractivity contribution in [1.82, 2.24) is 10.3 Å². The first-order valence-corrected chi connectivity index (χ1v) is 7.69. The van der Waals surface area contributed by atoms with Gasteiger partial charge in [0.15, 0.2) is 0 Å². The predicted molar refractivity (Wildman–Crippen MR) is 84.8 cm³/mol. The number of rotatable bonds is 6. The number of aryl methyl sites for hydroxylation is 1. The van der Waals surface area contributed by atoms with Crippen LogP contribution in [0, 0.1) is 24.0 Å². The van der Waals surface area contributed by atoms with Gasteiger partial charge in [0.05, 0.1) is 9.93 Å². The van der Waals surface area contributed by atoms with Gasteiger partial charge in [0.1, 0.15) is 0 Å². The molecule has 0 amide bonds. The third kappa shape index (κ3) is 3.86. The molecule has 21 heavy (non-hydrogen) atoms. The second-order valence-electron chi connectivity index (χ2n) is 5.04. The SMILES string of the molecule is Cc1cnc(CCN[C@@H](C)c2cccc([N+](=O)[O-])c2C)s1. The first-order chi connectivity index (χ1) is 9.99. The van der Waals surface area contributed by atoms with Crippen LogP contribution in [0.25, 0.3) is 0 Å². The number of aromatic nitrogens is 1. The van der Waals surface area contributed by atoms with Gasteiger partial charge in [0, 0.05) is 41.7 Å². The fourth-order valence-corrected chi connectivity index (χ4v) is 3.12. The maximum absolute atomic E-state index is 11.0. The standard InChI is InChI=1S/C15H19N3O2S/c1-10-9-17-15(21-10)7-8-16-12(3)13-5-4-6-14(11(13)2)18(19)20/h4-6,9,12,16H,7-8H2,1-3H3/t12-/m0/s1. The highest BCUT2D eigenvalue weighted by molar-refractivity contribution is 7.11. The van der Waals surface area contributed by atoms with Crippen molar-refractivity contribution in [1.29, 1.82) is 0 Å². The van der Waals surface area contributed by atoms with Crippen molar-refractivity contribution < 1.29 is 4.92 Å². The third-order valence-corrected chi connectivity index (χ3v) is 4.44. The van der Waals surface area contributed by atoms with E-state index >= 15 is 0 Å². The number of nitrogens with zero attached hydrogens (tertiary/aromatic N) is 2. The highest BCUT2D eigenvalue weighted by Crippen LogP contribution is 2.25. The van der Waals surface area contributed by atoms with E-state index in [1.54, 1.807) is 30.4 Å². The Balaban J connectivity index is 1.98. The second kappa shape index (κ2) is 6.78. The number of thiazole rings is 1. The summed E-state index contributed by atoms with van der Waals surface area (Å²) < 4.78 is 0. The Morgan fingerprint density at radius 3 is 2.81 bits per heavy atom. The van der Waals surface area contributed by atoms with Gasteiger partial charge in [-0.15, -0.1) is 11.3 Å². The van der Waals surface area contributed by atoms with Crippen LogP contribution in [0.4, 0.5) is 5.69 Å². The number of nitro groups is 1. The van der Waals surface area contributed by atoms with E-state index < -0.39 is 0 Å². The molecule has 0 saturated heterocycles. The fourth-order valence-electron chi connectivity index (χ4n) is 2.33. The van der Waals surface area contributed by atoms with E-state index in [-0.39, 0.29) is 16.7 Å². The monoisotopic (exact) mass is 305 g/mol. The van der Waals surface area contributed by atoms with Crippen LogP contribution in [0.2, 0.25) is 0 Å². The van der Waals surface area contributed by atoms with Crippen LogP contribution in [-0.2, 0) is 6.42 Å². The van der Waals surface area contributed by atoms with Gasteiger partial charge in [-0.3, -0.25) is 10.1 Å². The lowest BCUT2D eigenvalue weighted by molar-refractivity contribution is -0.385. The highest BCUT2D eigenvalue weighted by Gasteiger charge is 2.16. The average molecular weight is 305 g/mol. The molecule has 2 rings (SSSR count). The lowest BCUT2D eigenvalue weighted by Crippen LogP contribution is -2.22. The Hall–Kier alpha value is -1.79. The first kappa shape index (κ1) is 15.6. The Labute approximate surface area is 128 Å². The molecule has 0 unspecified atom stereocenters. The minimum Gasteiger partial charge on any atom is -0.310 e. The van der Waals surface area contributed by atoms with Crippen LogP contribution in [0.5, 0.6) is 0 Å². The van der Waals surface area contributed by atoms with E-state index in [4.69, 9.17) is 0 Å². The number of nitro benzene ring substituents is 1. The number of nitrogens with one attached hydrogen (secondary N) is 1. The summed E-state index contributed by atoms with van der Waals surface area (Å²) in [5, 5.41) is 15.5. The summed E-state index contributed by atoms with van der Waals surface area (Å²) in [4.78, 5) is 16.2. The second-order valence-corrected chi connectivity index (χ2v) is 6.36. The van der Waals surface area contributed by atoms with E-state index in [9.17, 15) is 10.1 Å². The van der Waals surface area contributed by atoms with E-state index in [2.05, 4.69) is 10.3 Å². The van der Waals surface area contributed by atoms with E-state index in [0.29, 0.717) is 0 Å². The molecule has 112 valence electrons. The minimum atomic E-state index is -0.329. The van der Waals surface area contributed by atoms with Crippen LogP contribution in [0.3, 0.4) is 0 Å². The zero-order valence-corrected chi connectivity index (χ0v) is 13.2. The van der Waals surface area contributed by atoms with E-state index in [1.165, 1.54) is 4.88 Å². The fraction of sp³-hybridized carbons (Fsp3) is 0.400. The van der Waals surface area contributed by atoms with Gasteiger partial charge in [-0.25, -0.2) is 4.98 Å². The predicted octanol–water partition coefficient (Wildman–Crippen LogP) is 3.56. The zero-order valence-electron chi connectivity index (χ0n) is 12.4. The molecule has 0 saturated carbocycles. The molecular weight excluding hydrogens is 286 g/mol. The molecule has 0 fully saturated rings. The van der Waals surface area contributed by atoms with E-state index in [0.717, 1.165) is 29.1 Å². The summed E-state index contributed by atoms with van der Waals surface area (Å²) in [5.74, 6) is 0. The normalized spacial score (nSPS) is 12.3. The molecule has 5 nitrogen and oxygen atoms in total. The summed E-state index contributed by atoms with van der Waals surface area (Å²) in [7, 11) is 0. The van der Waals surface area contributed by atoms with Gasteiger partial charge in [-0.2, -0.15) is 0 Å². The quantitative estimate of drug-likeness (QED) is 0.654. The summed E-state index contributed by atoms with van der Waals surface area (Å²) in [6, 6.07) is 5.30. The minimum absolute atomic E-state index is 0.0750. The van der Waals surface area contributed by atoms with Crippen LogP contribution >= 0.6 is 11.3 Å². The number of hydrogen-bond acceptors (Lipinski definition) is 5. The maximum Gasteiger partial charge on any atom is 0.272 e. The molecule has 0 aliphatic heterocycles. The van der Waals surface area contributed by atoms with Crippen LogP contribution in [-0.4, -0.2) is 16.5 Å². The van der Waals surface area contributed by atoms with Gasteiger partial charge in [0.2, 0.25) is 0 Å². The lowest BCUT2D eigenvalue weighted by Gasteiger charge is -2.16.